The quantitative estimate of drug-likeness (QED) is 0.908. The van der Waals surface area contributed by atoms with Crippen molar-refractivity contribution < 1.29 is 19.0 Å². The minimum atomic E-state index is -0.763. The predicted molar refractivity (Wildman–Crippen MR) is 77.3 cm³/mol. The molecule has 0 aliphatic carbocycles. The molecular formula is C16H16FNO3. The summed E-state index contributed by atoms with van der Waals surface area (Å²) in [6, 6.07) is 11.7. The maximum absolute atomic E-state index is 13.5. The van der Waals surface area contributed by atoms with Crippen molar-refractivity contribution in [3.63, 3.8) is 0 Å². The number of nitrogens with one attached hydrogen (secondary N) is 1. The van der Waals surface area contributed by atoms with Crippen LogP contribution in [0.4, 0.5) is 10.1 Å². The third-order valence-corrected chi connectivity index (χ3v) is 3.31. The molecule has 5 heteroatoms. The summed E-state index contributed by atoms with van der Waals surface area (Å²) in [5.74, 6) is 0.967. The van der Waals surface area contributed by atoms with Gasteiger partial charge in [-0.2, -0.15) is 0 Å². The molecule has 1 heterocycles. The first-order chi connectivity index (χ1) is 10.2. The zero-order valence-electron chi connectivity index (χ0n) is 11.4. The Labute approximate surface area is 122 Å². The Hall–Kier alpha value is -2.27. The average molecular weight is 289 g/mol. The Morgan fingerprint density at radius 2 is 1.86 bits per heavy atom. The van der Waals surface area contributed by atoms with E-state index in [4.69, 9.17) is 9.47 Å². The van der Waals surface area contributed by atoms with E-state index in [2.05, 4.69) is 5.32 Å². The molecule has 1 aliphatic heterocycles. The average Bonchev–Trinajstić information content (AvgIpc) is 2.53. The van der Waals surface area contributed by atoms with Crippen LogP contribution in [0, 0.1) is 5.82 Å². The topological polar surface area (TPSA) is 50.7 Å². The van der Waals surface area contributed by atoms with E-state index in [1.807, 2.05) is 0 Å². The van der Waals surface area contributed by atoms with Crippen LogP contribution >= 0.6 is 0 Å². The van der Waals surface area contributed by atoms with Crippen LogP contribution < -0.4 is 14.8 Å². The Morgan fingerprint density at radius 1 is 1.10 bits per heavy atom. The number of rotatable bonds is 4. The minimum absolute atomic E-state index is 0.209. The molecular weight excluding hydrogens is 273 g/mol. The van der Waals surface area contributed by atoms with Crippen molar-refractivity contribution in [2.75, 3.05) is 25.1 Å². The van der Waals surface area contributed by atoms with Crippen LogP contribution in [-0.4, -0.2) is 24.9 Å². The minimum Gasteiger partial charge on any atom is -0.486 e. The van der Waals surface area contributed by atoms with E-state index >= 15 is 0 Å². The summed E-state index contributed by atoms with van der Waals surface area (Å²) in [4.78, 5) is 0. The van der Waals surface area contributed by atoms with E-state index in [-0.39, 0.29) is 12.4 Å². The van der Waals surface area contributed by atoms with Gasteiger partial charge >= 0.3 is 0 Å². The van der Waals surface area contributed by atoms with Crippen LogP contribution in [0.3, 0.4) is 0 Å². The number of fused-ring (bicyclic) bond motifs is 1. The van der Waals surface area contributed by atoms with Crippen molar-refractivity contribution in [2.24, 2.45) is 0 Å². The number of halogens is 1. The van der Waals surface area contributed by atoms with Gasteiger partial charge in [0.2, 0.25) is 0 Å². The molecule has 110 valence electrons. The number of aliphatic hydroxyl groups excluding tert-OH is 1. The standard InChI is InChI=1S/C16H16FNO3/c17-12-3-1-2-4-13(12)18-10-14(19)11-5-6-15-16(9-11)21-8-7-20-15/h1-6,9,14,18-19H,7-8,10H2. The molecule has 0 saturated carbocycles. The molecule has 0 saturated heterocycles. The second-order valence-electron chi connectivity index (χ2n) is 4.78. The summed E-state index contributed by atoms with van der Waals surface area (Å²) in [6.45, 7) is 1.24. The molecule has 0 amide bonds. The molecule has 1 aliphatic rings. The smallest absolute Gasteiger partial charge is 0.161 e. The molecule has 0 fully saturated rings. The van der Waals surface area contributed by atoms with Crippen LogP contribution in [0.15, 0.2) is 42.5 Å². The predicted octanol–water partition coefficient (Wildman–Crippen LogP) is 2.74. The number of hydrogen-bond donors (Lipinski definition) is 2. The number of para-hydroxylation sites is 1. The van der Waals surface area contributed by atoms with Crippen molar-refractivity contribution in [3.05, 3.63) is 53.8 Å². The van der Waals surface area contributed by atoms with Gasteiger partial charge in [-0.1, -0.05) is 18.2 Å². The second kappa shape index (κ2) is 6.01. The fourth-order valence-corrected chi connectivity index (χ4v) is 2.20. The lowest BCUT2D eigenvalue weighted by Gasteiger charge is -2.20. The highest BCUT2D eigenvalue weighted by Crippen LogP contribution is 2.32. The Bertz CT molecular complexity index is 633. The fraction of sp³-hybridized carbons (Fsp3) is 0.250. The van der Waals surface area contributed by atoms with Gasteiger partial charge in [-0.3, -0.25) is 0 Å². The maximum atomic E-state index is 13.5. The molecule has 4 nitrogen and oxygen atoms in total. The highest BCUT2D eigenvalue weighted by Gasteiger charge is 2.15. The van der Waals surface area contributed by atoms with Crippen molar-refractivity contribution >= 4 is 5.69 Å². The summed E-state index contributed by atoms with van der Waals surface area (Å²) in [5, 5.41) is 13.1. The summed E-state index contributed by atoms with van der Waals surface area (Å²) in [6.07, 6.45) is -0.763. The highest BCUT2D eigenvalue weighted by atomic mass is 19.1. The van der Waals surface area contributed by atoms with Crippen LogP contribution in [-0.2, 0) is 0 Å². The lowest BCUT2D eigenvalue weighted by atomic mass is 10.1. The van der Waals surface area contributed by atoms with Gasteiger partial charge in [0.05, 0.1) is 11.8 Å². The van der Waals surface area contributed by atoms with Gasteiger partial charge in [-0.25, -0.2) is 4.39 Å². The summed E-state index contributed by atoms with van der Waals surface area (Å²) in [5.41, 5.74) is 1.07. The third kappa shape index (κ3) is 3.08. The van der Waals surface area contributed by atoms with Gasteiger partial charge in [-0.15, -0.1) is 0 Å². The van der Waals surface area contributed by atoms with Crippen LogP contribution in [0.2, 0.25) is 0 Å². The monoisotopic (exact) mass is 289 g/mol. The second-order valence-corrected chi connectivity index (χ2v) is 4.78. The molecule has 0 bridgehead atoms. The highest BCUT2D eigenvalue weighted by molar-refractivity contribution is 5.46. The first-order valence-corrected chi connectivity index (χ1v) is 6.80. The largest absolute Gasteiger partial charge is 0.486 e. The lowest BCUT2D eigenvalue weighted by molar-refractivity contribution is 0.167. The summed E-state index contributed by atoms with van der Waals surface area (Å²) < 4.78 is 24.4. The molecule has 2 N–H and O–H groups in total. The lowest BCUT2D eigenvalue weighted by Crippen LogP contribution is -2.17. The molecule has 1 unspecified atom stereocenters. The summed E-state index contributed by atoms with van der Waals surface area (Å²) in [7, 11) is 0. The zero-order valence-corrected chi connectivity index (χ0v) is 11.4. The molecule has 0 aromatic heterocycles. The third-order valence-electron chi connectivity index (χ3n) is 3.31. The van der Waals surface area contributed by atoms with Crippen LogP contribution in [0.1, 0.15) is 11.7 Å². The first kappa shape index (κ1) is 13.7. The van der Waals surface area contributed by atoms with Gasteiger partial charge < -0.3 is 19.9 Å². The normalized spacial score (nSPS) is 14.6. The number of anilines is 1. The maximum Gasteiger partial charge on any atom is 0.161 e. The van der Waals surface area contributed by atoms with E-state index in [0.29, 0.717) is 36.0 Å². The first-order valence-electron chi connectivity index (χ1n) is 6.80. The summed E-state index contributed by atoms with van der Waals surface area (Å²) >= 11 is 0. The number of ether oxygens (including phenoxy) is 2. The van der Waals surface area contributed by atoms with E-state index < -0.39 is 6.10 Å². The van der Waals surface area contributed by atoms with Gasteiger partial charge in [0.1, 0.15) is 19.0 Å². The molecule has 1 atom stereocenters. The zero-order chi connectivity index (χ0) is 14.7. The Morgan fingerprint density at radius 3 is 2.67 bits per heavy atom. The van der Waals surface area contributed by atoms with E-state index in [1.165, 1.54) is 6.07 Å². The molecule has 0 radical (unpaired) electrons. The molecule has 0 spiro atoms. The van der Waals surface area contributed by atoms with Crippen molar-refractivity contribution in [2.45, 2.75) is 6.10 Å². The Balaban J connectivity index is 1.68. The van der Waals surface area contributed by atoms with Crippen molar-refractivity contribution in [1.29, 1.82) is 0 Å². The number of hydrogen-bond acceptors (Lipinski definition) is 4. The van der Waals surface area contributed by atoms with Gasteiger partial charge in [-0.05, 0) is 29.8 Å². The Kier molecular flexibility index (Phi) is 3.92. The van der Waals surface area contributed by atoms with E-state index in [0.717, 1.165) is 0 Å². The van der Waals surface area contributed by atoms with Crippen molar-refractivity contribution in [1.82, 2.24) is 0 Å². The molecule has 2 aromatic rings. The van der Waals surface area contributed by atoms with E-state index in [1.54, 1.807) is 36.4 Å². The van der Waals surface area contributed by atoms with Crippen LogP contribution in [0.5, 0.6) is 11.5 Å². The van der Waals surface area contributed by atoms with Gasteiger partial charge in [0.25, 0.3) is 0 Å². The van der Waals surface area contributed by atoms with Gasteiger partial charge in [0, 0.05) is 6.54 Å². The fourth-order valence-electron chi connectivity index (χ4n) is 2.20. The molecule has 3 rings (SSSR count). The molecule has 21 heavy (non-hydrogen) atoms. The number of aliphatic hydroxyl groups is 1. The van der Waals surface area contributed by atoms with Gasteiger partial charge in [0.15, 0.2) is 11.5 Å². The van der Waals surface area contributed by atoms with Crippen molar-refractivity contribution in [3.8, 4) is 11.5 Å². The van der Waals surface area contributed by atoms with E-state index in [9.17, 15) is 9.50 Å². The van der Waals surface area contributed by atoms with Crippen LogP contribution in [0.25, 0.3) is 0 Å². The molecule has 2 aromatic carbocycles. The number of benzene rings is 2. The SMILES string of the molecule is OC(CNc1ccccc1F)c1ccc2c(c1)OCCO2.